The van der Waals surface area contributed by atoms with Crippen molar-refractivity contribution >= 4 is 39.1 Å². The molecule has 12 heteroatoms. The summed E-state index contributed by atoms with van der Waals surface area (Å²) in [4.78, 5) is 13.0. The monoisotopic (exact) mass is 625 g/mol. The number of hydrogen-bond acceptors (Lipinski definition) is 7. The average Bonchev–Trinajstić information content (AvgIpc) is 3.32. The van der Waals surface area contributed by atoms with E-state index < -0.39 is 29.1 Å². The van der Waals surface area contributed by atoms with Gasteiger partial charge in [0.1, 0.15) is 11.4 Å². The summed E-state index contributed by atoms with van der Waals surface area (Å²) in [5.74, 6) is -1.07. The zero-order valence-electron chi connectivity index (χ0n) is 21.9. The van der Waals surface area contributed by atoms with E-state index in [1.807, 2.05) is 44.2 Å². The molecule has 4 rings (SSSR count). The maximum absolute atomic E-state index is 13.0. The number of aromatic nitrogens is 2. The molecule has 3 N–H and O–H groups in total. The van der Waals surface area contributed by atoms with Crippen LogP contribution in [0.25, 0.3) is 22.5 Å². The van der Waals surface area contributed by atoms with E-state index in [-0.39, 0.29) is 23.1 Å². The predicted molar refractivity (Wildman–Crippen MR) is 157 cm³/mol. The normalized spacial score (nSPS) is 12.2. The quantitative estimate of drug-likeness (QED) is 0.167. The van der Waals surface area contributed by atoms with Crippen LogP contribution >= 0.6 is 15.9 Å². The van der Waals surface area contributed by atoms with Crippen molar-refractivity contribution in [1.82, 2.24) is 15.1 Å². The molecule has 0 aliphatic carbocycles. The van der Waals surface area contributed by atoms with Crippen LogP contribution in [0.15, 0.2) is 94.3 Å². The number of rotatable bonds is 11. The molecule has 0 bridgehead atoms. The lowest BCUT2D eigenvalue weighted by Crippen LogP contribution is -2.48. The summed E-state index contributed by atoms with van der Waals surface area (Å²) in [6.07, 6.45) is 0.385. The van der Waals surface area contributed by atoms with Crippen molar-refractivity contribution in [3.8, 4) is 28.3 Å². The Morgan fingerprint density at radius 1 is 1.02 bits per heavy atom. The summed E-state index contributed by atoms with van der Waals surface area (Å²) in [5, 5.41) is 26.8. The van der Waals surface area contributed by atoms with Crippen LogP contribution in [0.2, 0.25) is 0 Å². The van der Waals surface area contributed by atoms with Gasteiger partial charge in [0, 0.05) is 10.0 Å². The molecule has 9 nitrogen and oxygen atoms in total. The van der Waals surface area contributed by atoms with Crippen LogP contribution in [-0.2, 0) is 21.5 Å². The maximum atomic E-state index is 13.0. The molecule has 4 aromatic rings. The smallest absolute Gasteiger partial charge is 0.426 e. The highest BCUT2D eigenvalue weighted by Crippen LogP contribution is 2.34. The molecule has 0 saturated carbocycles. The minimum absolute atomic E-state index is 0.00845. The standard InChI is InChI=1S/C28H29BBrN3O6S/c1-19(2)15-27(29(35)36)31-28(34)18-33-25(20-9-4-3-5-10-20)17-24(32-33)23-13-6-7-14-26(23)39-40(37,38)22-12-8-11-21(30)16-22/h3-14,16-17,19,27,35-36H,15,18H2,1-2H3,(H,31,34)/t27-/m0/s1. The first-order valence-corrected chi connectivity index (χ1v) is 14.8. The SMILES string of the molecule is CC(C)C[C@H](NC(=O)Cn1nc(-c2ccccc2OS(=O)(=O)c2cccc(Br)c2)cc1-c1ccccc1)B(O)O. The Hall–Kier alpha value is -3.45. The fourth-order valence-electron chi connectivity index (χ4n) is 4.20. The van der Waals surface area contributed by atoms with E-state index in [2.05, 4.69) is 26.3 Å². The molecule has 0 spiro atoms. The zero-order chi connectivity index (χ0) is 28.9. The lowest BCUT2D eigenvalue weighted by atomic mass is 9.75. The molecule has 0 radical (unpaired) electrons. The molecule has 0 saturated heterocycles. The van der Waals surface area contributed by atoms with Gasteiger partial charge in [-0.05, 0) is 54.3 Å². The van der Waals surface area contributed by atoms with E-state index >= 15 is 0 Å². The van der Waals surface area contributed by atoms with E-state index in [1.54, 1.807) is 36.4 Å². The summed E-state index contributed by atoms with van der Waals surface area (Å²) in [6, 6.07) is 23.9. The van der Waals surface area contributed by atoms with Crippen molar-refractivity contribution in [1.29, 1.82) is 0 Å². The van der Waals surface area contributed by atoms with Crippen LogP contribution in [0.3, 0.4) is 0 Å². The van der Waals surface area contributed by atoms with E-state index in [0.29, 0.717) is 27.8 Å². The molecule has 1 aromatic heterocycles. The third-order valence-corrected chi connectivity index (χ3v) is 7.75. The molecule has 40 heavy (non-hydrogen) atoms. The number of hydrogen-bond donors (Lipinski definition) is 3. The highest BCUT2D eigenvalue weighted by atomic mass is 79.9. The summed E-state index contributed by atoms with van der Waals surface area (Å²) in [5.41, 5.74) is 2.21. The number of nitrogens with one attached hydrogen (secondary N) is 1. The van der Waals surface area contributed by atoms with Crippen molar-refractivity contribution in [3.05, 3.63) is 89.4 Å². The molecule has 0 aliphatic rings. The number of nitrogens with zero attached hydrogens (tertiary/aromatic N) is 2. The van der Waals surface area contributed by atoms with Crippen molar-refractivity contribution in [2.24, 2.45) is 5.92 Å². The lowest BCUT2D eigenvalue weighted by molar-refractivity contribution is -0.122. The van der Waals surface area contributed by atoms with E-state index in [4.69, 9.17) is 4.18 Å². The summed E-state index contributed by atoms with van der Waals surface area (Å²) in [6.45, 7) is 3.64. The van der Waals surface area contributed by atoms with Gasteiger partial charge in [0.05, 0.1) is 17.3 Å². The van der Waals surface area contributed by atoms with Crippen LogP contribution in [0.5, 0.6) is 5.75 Å². The third kappa shape index (κ3) is 7.39. The first-order valence-electron chi connectivity index (χ1n) is 12.6. The molecular formula is C28H29BBrN3O6S. The summed E-state index contributed by atoms with van der Waals surface area (Å²) >= 11 is 3.28. The zero-order valence-corrected chi connectivity index (χ0v) is 24.3. The molecule has 208 valence electrons. The highest BCUT2D eigenvalue weighted by Gasteiger charge is 2.27. The topological polar surface area (TPSA) is 131 Å². The Bertz CT molecular complexity index is 1580. The van der Waals surface area contributed by atoms with E-state index in [9.17, 15) is 23.3 Å². The molecule has 1 atom stereocenters. The number of carbonyl (C=O) groups excluding carboxylic acids is 1. The van der Waals surface area contributed by atoms with Gasteiger partial charge in [-0.2, -0.15) is 13.5 Å². The molecule has 1 heterocycles. The summed E-state index contributed by atoms with van der Waals surface area (Å²) < 4.78 is 33.7. The minimum Gasteiger partial charge on any atom is -0.426 e. The Balaban J connectivity index is 1.69. The van der Waals surface area contributed by atoms with Gasteiger partial charge in [0.15, 0.2) is 5.75 Å². The van der Waals surface area contributed by atoms with Crippen LogP contribution < -0.4 is 9.50 Å². The Morgan fingerprint density at radius 2 is 1.73 bits per heavy atom. The second kappa shape index (κ2) is 12.8. The van der Waals surface area contributed by atoms with Crippen molar-refractivity contribution in [3.63, 3.8) is 0 Å². The fourth-order valence-corrected chi connectivity index (χ4v) is 5.75. The largest absolute Gasteiger partial charge is 0.475 e. The lowest BCUT2D eigenvalue weighted by Gasteiger charge is -2.20. The first-order chi connectivity index (χ1) is 19.0. The average molecular weight is 626 g/mol. The van der Waals surface area contributed by atoms with Crippen molar-refractivity contribution in [2.75, 3.05) is 0 Å². The van der Waals surface area contributed by atoms with Gasteiger partial charge in [-0.3, -0.25) is 9.48 Å². The van der Waals surface area contributed by atoms with Crippen molar-refractivity contribution in [2.45, 2.75) is 37.6 Å². The number of amides is 1. The minimum atomic E-state index is -4.15. The highest BCUT2D eigenvalue weighted by molar-refractivity contribution is 9.10. The van der Waals surface area contributed by atoms with Gasteiger partial charge < -0.3 is 19.5 Å². The van der Waals surface area contributed by atoms with E-state index in [1.165, 1.54) is 22.9 Å². The van der Waals surface area contributed by atoms with Gasteiger partial charge in [0.2, 0.25) is 5.91 Å². The molecular weight excluding hydrogens is 597 g/mol. The molecule has 1 amide bonds. The van der Waals surface area contributed by atoms with Crippen LogP contribution in [-0.4, -0.2) is 47.2 Å². The Morgan fingerprint density at radius 3 is 2.40 bits per heavy atom. The predicted octanol–water partition coefficient (Wildman–Crippen LogP) is 4.29. The third-order valence-electron chi connectivity index (χ3n) is 6.02. The Labute approximate surface area is 242 Å². The van der Waals surface area contributed by atoms with Gasteiger partial charge in [-0.15, -0.1) is 0 Å². The maximum Gasteiger partial charge on any atom is 0.475 e. The number of halogens is 1. The first kappa shape index (κ1) is 29.5. The second-order valence-corrected chi connectivity index (χ2v) is 12.1. The number of para-hydroxylation sites is 1. The molecule has 0 unspecified atom stereocenters. The summed E-state index contributed by atoms with van der Waals surface area (Å²) in [7, 11) is -5.85. The second-order valence-electron chi connectivity index (χ2n) is 9.65. The number of benzene rings is 3. The molecule has 3 aromatic carbocycles. The van der Waals surface area contributed by atoms with Gasteiger partial charge >= 0.3 is 17.2 Å². The van der Waals surface area contributed by atoms with Crippen LogP contribution in [0.1, 0.15) is 20.3 Å². The van der Waals surface area contributed by atoms with E-state index in [0.717, 1.165) is 5.56 Å². The van der Waals surface area contributed by atoms with Crippen molar-refractivity contribution < 1.29 is 27.4 Å². The molecule has 0 fully saturated rings. The van der Waals surface area contributed by atoms with Gasteiger partial charge in [0.25, 0.3) is 0 Å². The Kier molecular flexibility index (Phi) is 9.46. The molecule has 0 aliphatic heterocycles. The van der Waals surface area contributed by atoms with Crippen LogP contribution in [0, 0.1) is 5.92 Å². The van der Waals surface area contributed by atoms with Crippen LogP contribution in [0.4, 0.5) is 0 Å². The fraction of sp³-hybridized carbons (Fsp3) is 0.214. The number of carbonyl (C=O) groups is 1. The van der Waals surface area contributed by atoms with Gasteiger partial charge in [-0.25, -0.2) is 0 Å². The van der Waals surface area contributed by atoms with Gasteiger partial charge in [-0.1, -0.05) is 78.3 Å².